The van der Waals surface area contributed by atoms with Crippen LogP contribution in [-0.2, 0) is 29.2 Å². The number of halogens is 1. The predicted octanol–water partition coefficient (Wildman–Crippen LogP) is 3.35. The predicted molar refractivity (Wildman–Crippen MR) is 163 cm³/mol. The third-order valence-electron chi connectivity index (χ3n) is 7.61. The largest absolute Gasteiger partial charge is 0.332 e. The maximum atomic E-state index is 13.3. The fourth-order valence-corrected chi connectivity index (χ4v) is 7.04. The summed E-state index contributed by atoms with van der Waals surface area (Å²) in [6.45, 7) is 1.73. The molecule has 11 nitrogen and oxygen atoms in total. The van der Waals surface area contributed by atoms with Crippen LogP contribution < -0.4 is 15.4 Å². The molecule has 43 heavy (non-hydrogen) atoms. The van der Waals surface area contributed by atoms with Gasteiger partial charge < -0.3 is 20.4 Å². The Morgan fingerprint density at radius 1 is 0.930 bits per heavy atom. The lowest BCUT2D eigenvalue weighted by atomic mass is 10.1. The summed E-state index contributed by atoms with van der Waals surface area (Å²) in [5, 5.41) is 7.49. The van der Waals surface area contributed by atoms with Gasteiger partial charge in [-0.05, 0) is 66.8 Å². The molecule has 2 heterocycles. The molecule has 2 atom stereocenters. The van der Waals surface area contributed by atoms with Crippen LogP contribution in [0.15, 0.2) is 65.6 Å². The van der Waals surface area contributed by atoms with E-state index in [9.17, 15) is 27.6 Å². The molecule has 4 amide bonds. The summed E-state index contributed by atoms with van der Waals surface area (Å²) in [5.74, 6) is -1.53. The van der Waals surface area contributed by atoms with Crippen LogP contribution >= 0.6 is 11.6 Å². The lowest BCUT2D eigenvalue weighted by Crippen LogP contribution is -2.55. The van der Waals surface area contributed by atoms with E-state index >= 15 is 0 Å². The van der Waals surface area contributed by atoms with E-state index in [0.29, 0.717) is 38.0 Å². The SMILES string of the molecule is CC(=O)Nc1ccc(S(=O)(=O)N[C@H]2CCCN(CC(=O)N3CCC[C@H]3C(=O)Nc3ccc4ccccc4c3)C2=O)cc1Cl. The number of rotatable bonds is 8. The Morgan fingerprint density at radius 2 is 1.67 bits per heavy atom. The summed E-state index contributed by atoms with van der Waals surface area (Å²) in [6, 6.07) is 15.5. The lowest BCUT2D eigenvalue weighted by molar-refractivity contribution is -0.144. The van der Waals surface area contributed by atoms with Crippen LogP contribution in [0.1, 0.15) is 32.6 Å². The van der Waals surface area contributed by atoms with Gasteiger partial charge in [-0.15, -0.1) is 0 Å². The quantitative estimate of drug-likeness (QED) is 0.350. The Bertz CT molecular complexity index is 1700. The fourth-order valence-electron chi connectivity index (χ4n) is 5.50. The van der Waals surface area contributed by atoms with Gasteiger partial charge in [-0.3, -0.25) is 19.2 Å². The first-order chi connectivity index (χ1) is 20.5. The van der Waals surface area contributed by atoms with E-state index in [1.807, 2.05) is 42.5 Å². The number of anilines is 2. The van der Waals surface area contributed by atoms with Crippen molar-refractivity contribution < 1.29 is 27.6 Å². The molecule has 2 fully saturated rings. The molecule has 226 valence electrons. The zero-order valence-electron chi connectivity index (χ0n) is 23.5. The Kier molecular flexibility index (Phi) is 9.00. The third-order valence-corrected chi connectivity index (χ3v) is 9.39. The lowest BCUT2D eigenvalue weighted by Gasteiger charge is -2.34. The summed E-state index contributed by atoms with van der Waals surface area (Å²) >= 11 is 6.14. The molecular formula is C30H32ClN5O6S. The Hall–Kier alpha value is -4.00. The molecule has 2 aliphatic rings. The molecule has 0 saturated carbocycles. The molecule has 0 radical (unpaired) electrons. The van der Waals surface area contributed by atoms with Crippen molar-refractivity contribution in [1.82, 2.24) is 14.5 Å². The first-order valence-electron chi connectivity index (χ1n) is 14.0. The highest BCUT2D eigenvalue weighted by atomic mass is 35.5. The number of carbonyl (C=O) groups excluding carboxylic acids is 4. The smallest absolute Gasteiger partial charge is 0.247 e. The molecular weight excluding hydrogens is 594 g/mol. The van der Waals surface area contributed by atoms with Gasteiger partial charge in [-0.25, -0.2) is 8.42 Å². The number of piperidine rings is 1. The summed E-state index contributed by atoms with van der Waals surface area (Å²) in [5.41, 5.74) is 0.896. The van der Waals surface area contributed by atoms with Crippen molar-refractivity contribution in [2.75, 3.05) is 30.3 Å². The van der Waals surface area contributed by atoms with Crippen LogP contribution in [0, 0.1) is 0 Å². The van der Waals surface area contributed by atoms with Crippen molar-refractivity contribution in [3.05, 3.63) is 65.7 Å². The number of carbonyl (C=O) groups is 4. The topological polar surface area (TPSA) is 145 Å². The molecule has 0 bridgehead atoms. The number of benzene rings is 3. The minimum absolute atomic E-state index is 0.0325. The first kappa shape index (κ1) is 30.5. The standard InChI is InChI=1S/C30H32ClN5O6S/c1-19(37)32-25-13-12-23(17-24(25)31)43(41,42)34-26-8-4-14-35(30(26)40)18-28(38)36-15-5-9-27(36)29(39)33-22-11-10-20-6-2-3-7-21(20)16-22/h2-3,6-7,10-13,16-17,26-27,34H,4-5,8-9,14-15,18H2,1H3,(H,32,37)(H,33,39)/t26-,27-/m0/s1. The Labute approximate surface area is 254 Å². The monoisotopic (exact) mass is 625 g/mol. The number of likely N-dealkylation sites (tertiary alicyclic amines) is 2. The summed E-state index contributed by atoms with van der Waals surface area (Å²) in [6.07, 6.45) is 1.91. The summed E-state index contributed by atoms with van der Waals surface area (Å²) in [7, 11) is -4.13. The minimum atomic E-state index is -4.13. The van der Waals surface area contributed by atoms with E-state index in [2.05, 4.69) is 15.4 Å². The Morgan fingerprint density at radius 3 is 2.42 bits per heavy atom. The van der Waals surface area contributed by atoms with Gasteiger partial charge in [0.25, 0.3) is 0 Å². The molecule has 3 aromatic carbocycles. The van der Waals surface area contributed by atoms with Crippen LogP contribution in [0.5, 0.6) is 0 Å². The first-order valence-corrected chi connectivity index (χ1v) is 15.9. The molecule has 0 spiro atoms. The molecule has 13 heteroatoms. The molecule has 0 aromatic heterocycles. The van der Waals surface area contributed by atoms with Crippen molar-refractivity contribution in [2.24, 2.45) is 0 Å². The van der Waals surface area contributed by atoms with Crippen LogP contribution in [0.3, 0.4) is 0 Å². The molecule has 2 aliphatic heterocycles. The molecule has 5 rings (SSSR count). The third kappa shape index (κ3) is 6.98. The second kappa shape index (κ2) is 12.7. The van der Waals surface area contributed by atoms with Gasteiger partial charge in [0.2, 0.25) is 33.7 Å². The highest BCUT2D eigenvalue weighted by Crippen LogP contribution is 2.27. The Balaban J connectivity index is 1.21. The van der Waals surface area contributed by atoms with Gasteiger partial charge >= 0.3 is 0 Å². The van der Waals surface area contributed by atoms with E-state index in [1.165, 1.54) is 34.9 Å². The number of sulfonamides is 1. The van der Waals surface area contributed by atoms with Gasteiger partial charge in [0.05, 0.1) is 22.2 Å². The minimum Gasteiger partial charge on any atom is -0.332 e. The van der Waals surface area contributed by atoms with Crippen LogP contribution in [0.25, 0.3) is 10.8 Å². The highest BCUT2D eigenvalue weighted by Gasteiger charge is 2.38. The molecule has 0 unspecified atom stereocenters. The van der Waals surface area contributed by atoms with Crippen molar-refractivity contribution in [3.8, 4) is 0 Å². The van der Waals surface area contributed by atoms with Crippen molar-refractivity contribution in [1.29, 1.82) is 0 Å². The van der Waals surface area contributed by atoms with Crippen molar-refractivity contribution >= 4 is 67.4 Å². The highest BCUT2D eigenvalue weighted by molar-refractivity contribution is 7.89. The number of hydrogen-bond acceptors (Lipinski definition) is 6. The van der Waals surface area contributed by atoms with E-state index in [-0.39, 0.29) is 46.3 Å². The summed E-state index contributed by atoms with van der Waals surface area (Å²) < 4.78 is 28.6. The van der Waals surface area contributed by atoms with Crippen LogP contribution in [-0.4, -0.2) is 73.6 Å². The van der Waals surface area contributed by atoms with Crippen LogP contribution in [0.2, 0.25) is 5.02 Å². The van der Waals surface area contributed by atoms with E-state index in [4.69, 9.17) is 11.6 Å². The average Bonchev–Trinajstić information content (AvgIpc) is 3.46. The average molecular weight is 626 g/mol. The maximum Gasteiger partial charge on any atom is 0.247 e. The molecule has 2 saturated heterocycles. The maximum absolute atomic E-state index is 13.3. The number of nitrogens with one attached hydrogen (secondary N) is 3. The van der Waals surface area contributed by atoms with E-state index in [1.54, 1.807) is 0 Å². The van der Waals surface area contributed by atoms with Gasteiger partial charge in [0, 0.05) is 25.7 Å². The number of fused-ring (bicyclic) bond motifs is 1. The van der Waals surface area contributed by atoms with Gasteiger partial charge in [0.1, 0.15) is 12.1 Å². The molecule has 3 N–H and O–H groups in total. The number of nitrogens with zero attached hydrogens (tertiary/aromatic N) is 2. The van der Waals surface area contributed by atoms with Gasteiger partial charge in [0.15, 0.2) is 0 Å². The van der Waals surface area contributed by atoms with Gasteiger partial charge in [-0.1, -0.05) is 41.9 Å². The molecule has 3 aromatic rings. The zero-order chi connectivity index (χ0) is 30.7. The van der Waals surface area contributed by atoms with Crippen molar-refractivity contribution in [3.63, 3.8) is 0 Å². The van der Waals surface area contributed by atoms with E-state index < -0.39 is 28.0 Å². The number of amides is 4. The van der Waals surface area contributed by atoms with Crippen molar-refractivity contribution in [2.45, 2.75) is 49.6 Å². The van der Waals surface area contributed by atoms with E-state index in [0.717, 1.165) is 10.8 Å². The van der Waals surface area contributed by atoms with Gasteiger partial charge in [-0.2, -0.15) is 4.72 Å². The number of hydrogen-bond donors (Lipinski definition) is 3. The van der Waals surface area contributed by atoms with Crippen LogP contribution in [0.4, 0.5) is 11.4 Å². The second-order valence-corrected chi connectivity index (χ2v) is 12.8. The zero-order valence-corrected chi connectivity index (χ0v) is 25.1. The fraction of sp³-hybridized carbons (Fsp3) is 0.333. The summed E-state index contributed by atoms with van der Waals surface area (Å²) in [4.78, 5) is 53.7. The molecule has 0 aliphatic carbocycles. The second-order valence-electron chi connectivity index (χ2n) is 10.7. The normalized spacial score (nSPS) is 19.0.